The fourth-order valence-electron chi connectivity index (χ4n) is 2.44. The lowest BCUT2D eigenvalue weighted by molar-refractivity contribution is 0.0517. The van der Waals surface area contributed by atoms with Crippen LogP contribution in [-0.4, -0.2) is 44.3 Å². The molecule has 16 heavy (non-hydrogen) atoms. The third-order valence-corrected chi connectivity index (χ3v) is 3.24. The zero-order valence-electron chi connectivity index (χ0n) is 11.0. The molecule has 2 N–H and O–H groups in total. The van der Waals surface area contributed by atoms with E-state index >= 15 is 0 Å². The third-order valence-electron chi connectivity index (χ3n) is 3.24. The van der Waals surface area contributed by atoms with E-state index in [2.05, 4.69) is 25.7 Å². The maximum Gasteiger partial charge on any atom is 0.0525 e. The molecule has 4 heteroatoms. The Hall–Kier alpha value is 0.170. The second-order valence-corrected chi connectivity index (χ2v) is 5.76. The van der Waals surface area contributed by atoms with E-state index in [0.717, 1.165) is 32.7 Å². The van der Waals surface area contributed by atoms with E-state index in [9.17, 15) is 0 Å². The predicted octanol–water partition coefficient (Wildman–Crippen LogP) is 1.75. The van der Waals surface area contributed by atoms with Gasteiger partial charge in [-0.3, -0.25) is 0 Å². The molecule has 1 aliphatic rings. The van der Waals surface area contributed by atoms with Crippen LogP contribution in [0.25, 0.3) is 0 Å². The first-order valence-electron chi connectivity index (χ1n) is 5.91. The van der Waals surface area contributed by atoms with Crippen molar-refractivity contribution >= 4 is 12.4 Å². The molecule has 1 saturated heterocycles. The van der Waals surface area contributed by atoms with Gasteiger partial charge in [0.2, 0.25) is 0 Å². The van der Waals surface area contributed by atoms with Gasteiger partial charge in [0.1, 0.15) is 0 Å². The van der Waals surface area contributed by atoms with Gasteiger partial charge in [-0.2, -0.15) is 0 Å². The van der Waals surface area contributed by atoms with Crippen LogP contribution in [0.5, 0.6) is 0 Å². The van der Waals surface area contributed by atoms with Gasteiger partial charge >= 0.3 is 0 Å². The first-order valence-corrected chi connectivity index (χ1v) is 5.91. The average molecular weight is 251 g/mol. The summed E-state index contributed by atoms with van der Waals surface area (Å²) in [5, 5.41) is 0. The fourth-order valence-corrected chi connectivity index (χ4v) is 2.44. The molecular weight excluding hydrogens is 224 g/mol. The number of halogens is 1. The number of piperidine rings is 1. The van der Waals surface area contributed by atoms with E-state index in [4.69, 9.17) is 10.5 Å². The lowest BCUT2D eigenvalue weighted by atomic mass is 9.90. The monoisotopic (exact) mass is 250 g/mol. The first kappa shape index (κ1) is 16.2. The molecule has 0 bridgehead atoms. The number of hydrogen-bond acceptors (Lipinski definition) is 3. The Labute approximate surface area is 106 Å². The predicted molar refractivity (Wildman–Crippen MR) is 71.1 cm³/mol. The number of nitrogens with two attached hydrogens (primary N) is 1. The van der Waals surface area contributed by atoms with Crippen LogP contribution in [0.15, 0.2) is 0 Å². The van der Waals surface area contributed by atoms with Gasteiger partial charge in [-0.15, -0.1) is 12.4 Å². The van der Waals surface area contributed by atoms with Crippen molar-refractivity contribution in [2.75, 3.05) is 33.4 Å². The van der Waals surface area contributed by atoms with Crippen molar-refractivity contribution in [3.05, 3.63) is 0 Å². The molecule has 0 aromatic rings. The lowest BCUT2D eigenvalue weighted by Gasteiger charge is -2.39. The molecule has 98 valence electrons. The largest absolute Gasteiger partial charge is 0.384 e. The number of likely N-dealkylation sites (tertiary alicyclic amines) is 1. The summed E-state index contributed by atoms with van der Waals surface area (Å²) in [6.07, 6.45) is 1.13. The van der Waals surface area contributed by atoms with E-state index < -0.39 is 0 Å². The van der Waals surface area contributed by atoms with Gasteiger partial charge < -0.3 is 15.4 Å². The maximum atomic E-state index is 6.01. The minimum Gasteiger partial charge on any atom is -0.384 e. The van der Waals surface area contributed by atoms with Crippen molar-refractivity contribution in [1.29, 1.82) is 0 Å². The van der Waals surface area contributed by atoms with Gasteiger partial charge in [-0.25, -0.2) is 0 Å². The van der Waals surface area contributed by atoms with Gasteiger partial charge in [-0.05, 0) is 18.9 Å². The van der Waals surface area contributed by atoms with Gasteiger partial charge in [0.15, 0.2) is 0 Å². The van der Waals surface area contributed by atoms with Gasteiger partial charge in [0.25, 0.3) is 0 Å². The smallest absolute Gasteiger partial charge is 0.0525 e. The number of methoxy groups -OCH3 is 1. The zero-order chi connectivity index (χ0) is 11.5. The van der Waals surface area contributed by atoms with E-state index in [1.54, 1.807) is 7.11 Å². The zero-order valence-corrected chi connectivity index (χ0v) is 11.8. The van der Waals surface area contributed by atoms with E-state index in [0.29, 0.717) is 12.0 Å². The third kappa shape index (κ3) is 5.00. The maximum absolute atomic E-state index is 6.01. The van der Waals surface area contributed by atoms with Crippen molar-refractivity contribution in [3.63, 3.8) is 0 Å². The number of nitrogens with zero attached hydrogens (tertiary/aromatic N) is 1. The summed E-state index contributed by atoms with van der Waals surface area (Å²) in [6.45, 7) is 11.0. The van der Waals surface area contributed by atoms with Crippen LogP contribution in [0.3, 0.4) is 0 Å². The van der Waals surface area contributed by atoms with Gasteiger partial charge in [0, 0.05) is 31.7 Å². The molecule has 0 saturated carbocycles. The van der Waals surface area contributed by atoms with Crippen molar-refractivity contribution in [3.8, 4) is 0 Å². The van der Waals surface area contributed by atoms with E-state index in [-0.39, 0.29) is 17.8 Å². The minimum atomic E-state index is 0. The van der Waals surface area contributed by atoms with Gasteiger partial charge in [-0.1, -0.05) is 20.8 Å². The summed E-state index contributed by atoms with van der Waals surface area (Å²) < 4.78 is 5.24. The molecule has 1 heterocycles. The van der Waals surface area contributed by atoms with Gasteiger partial charge in [0.05, 0.1) is 6.61 Å². The quantitative estimate of drug-likeness (QED) is 0.826. The Balaban J connectivity index is 0.00000225. The van der Waals surface area contributed by atoms with E-state index in [1.165, 1.54) is 0 Å². The Kier molecular flexibility index (Phi) is 6.87. The molecule has 2 unspecified atom stereocenters. The highest BCUT2D eigenvalue weighted by Gasteiger charge is 2.27. The molecule has 1 fully saturated rings. The van der Waals surface area contributed by atoms with Crippen LogP contribution in [0.2, 0.25) is 0 Å². The summed E-state index contributed by atoms with van der Waals surface area (Å²) >= 11 is 0. The summed E-state index contributed by atoms with van der Waals surface area (Å²) in [7, 11) is 1.77. The minimum absolute atomic E-state index is 0. The molecule has 0 radical (unpaired) electrons. The molecule has 0 spiro atoms. The van der Waals surface area contributed by atoms with Crippen LogP contribution in [0.1, 0.15) is 27.2 Å². The number of ether oxygens (including phenoxy) is 1. The Morgan fingerprint density at radius 1 is 1.44 bits per heavy atom. The second kappa shape index (κ2) is 6.80. The molecule has 0 aliphatic carbocycles. The van der Waals surface area contributed by atoms with Crippen LogP contribution in [0, 0.1) is 11.3 Å². The lowest BCUT2D eigenvalue weighted by Crippen LogP contribution is -2.49. The Bertz CT molecular complexity index is 199. The van der Waals surface area contributed by atoms with Crippen molar-refractivity contribution in [1.82, 2.24) is 4.90 Å². The number of rotatable bonds is 4. The molecule has 0 aromatic carbocycles. The summed E-state index contributed by atoms with van der Waals surface area (Å²) in [4.78, 5) is 2.52. The van der Waals surface area contributed by atoms with Crippen molar-refractivity contribution in [2.24, 2.45) is 17.1 Å². The molecule has 1 aliphatic heterocycles. The summed E-state index contributed by atoms with van der Waals surface area (Å²) in [5.74, 6) is 0.622. The summed E-state index contributed by atoms with van der Waals surface area (Å²) in [5.41, 5.74) is 6.26. The highest BCUT2D eigenvalue weighted by molar-refractivity contribution is 5.85. The fraction of sp³-hybridized carbons (Fsp3) is 1.00. The molecule has 2 atom stereocenters. The summed E-state index contributed by atoms with van der Waals surface area (Å²) in [6, 6.07) is 0.395. The second-order valence-electron chi connectivity index (χ2n) is 5.76. The number of hydrogen-bond donors (Lipinski definition) is 1. The molecular formula is C12H27ClN2O. The standard InChI is InChI=1S/C12H26N2O.ClH/c1-10-7-14(6-5-11(10)13)8-12(2,3)9-15-4;/h10-11H,5-9,13H2,1-4H3;1H. The van der Waals surface area contributed by atoms with E-state index in [1.807, 2.05) is 0 Å². The van der Waals surface area contributed by atoms with Crippen LogP contribution >= 0.6 is 12.4 Å². The SMILES string of the molecule is COCC(C)(C)CN1CCC(N)C(C)C1.Cl. The van der Waals surface area contributed by atoms with Crippen molar-refractivity contribution in [2.45, 2.75) is 33.2 Å². The molecule has 1 rings (SSSR count). The topological polar surface area (TPSA) is 38.5 Å². The molecule has 0 amide bonds. The first-order chi connectivity index (χ1) is 6.94. The normalized spacial score (nSPS) is 27.6. The highest BCUT2D eigenvalue weighted by atomic mass is 35.5. The molecule has 0 aromatic heterocycles. The van der Waals surface area contributed by atoms with Crippen LogP contribution in [-0.2, 0) is 4.74 Å². The Morgan fingerprint density at radius 2 is 2.06 bits per heavy atom. The highest BCUT2D eigenvalue weighted by Crippen LogP contribution is 2.22. The van der Waals surface area contributed by atoms with Crippen LogP contribution < -0.4 is 5.73 Å². The Morgan fingerprint density at radius 3 is 2.56 bits per heavy atom. The van der Waals surface area contributed by atoms with Crippen LogP contribution in [0.4, 0.5) is 0 Å². The average Bonchev–Trinajstić information content (AvgIpc) is 2.10. The van der Waals surface area contributed by atoms with Crippen molar-refractivity contribution < 1.29 is 4.74 Å². The molecule has 3 nitrogen and oxygen atoms in total.